The fourth-order valence-electron chi connectivity index (χ4n) is 2.55. The number of carbonyl (C=O) groups is 2. The molecule has 0 aliphatic carbocycles. The number of esters is 1. The predicted octanol–water partition coefficient (Wildman–Crippen LogP) is 4.32. The quantitative estimate of drug-likeness (QED) is 0.576. The third kappa shape index (κ3) is 5.69. The van der Waals surface area contributed by atoms with Crippen molar-refractivity contribution in [3.63, 3.8) is 0 Å². The molecule has 0 aliphatic heterocycles. The number of nitrogens with one attached hydrogen (secondary N) is 1. The molecule has 0 aliphatic rings. The molecule has 0 aromatic heterocycles. The zero-order chi connectivity index (χ0) is 21.3. The van der Waals surface area contributed by atoms with Gasteiger partial charge < -0.3 is 10.1 Å². The zero-order valence-electron chi connectivity index (χ0n) is 15.8. The summed E-state index contributed by atoms with van der Waals surface area (Å²) < 4.78 is 18.0. The number of halogens is 1. The number of benzene rings is 3. The van der Waals surface area contributed by atoms with Gasteiger partial charge in [0.2, 0.25) is 0 Å². The lowest BCUT2D eigenvalue weighted by atomic mass is 10.2. The van der Waals surface area contributed by atoms with Gasteiger partial charge in [-0.15, -0.1) is 0 Å². The third-order valence-electron chi connectivity index (χ3n) is 4.07. The van der Waals surface area contributed by atoms with Gasteiger partial charge in [0.1, 0.15) is 11.9 Å². The Balaban J connectivity index is 1.59. The van der Waals surface area contributed by atoms with Crippen LogP contribution in [0, 0.1) is 17.1 Å². The van der Waals surface area contributed by atoms with Crippen molar-refractivity contribution in [2.24, 2.45) is 0 Å². The van der Waals surface area contributed by atoms with Crippen LogP contribution < -0.4 is 5.32 Å². The molecule has 0 radical (unpaired) electrons. The summed E-state index contributed by atoms with van der Waals surface area (Å²) >= 11 is 1.28. The van der Waals surface area contributed by atoms with Crippen LogP contribution in [0.2, 0.25) is 0 Å². The molecule has 3 aromatic carbocycles. The topological polar surface area (TPSA) is 79.2 Å². The second-order valence-electron chi connectivity index (χ2n) is 6.19. The fourth-order valence-corrected chi connectivity index (χ4v) is 3.57. The summed E-state index contributed by atoms with van der Waals surface area (Å²) in [4.78, 5) is 25.8. The molecule has 30 heavy (non-hydrogen) atoms. The van der Waals surface area contributed by atoms with Crippen molar-refractivity contribution in [1.82, 2.24) is 5.32 Å². The second-order valence-corrected chi connectivity index (χ2v) is 7.27. The van der Waals surface area contributed by atoms with Crippen LogP contribution in [0.3, 0.4) is 0 Å². The third-order valence-corrected chi connectivity index (χ3v) is 5.22. The van der Waals surface area contributed by atoms with Crippen LogP contribution in [0.25, 0.3) is 0 Å². The summed E-state index contributed by atoms with van der Waals surface area (Å²) in [5.74, 6) is -1.45. The number of nitriles is 1. The molecule has 1 N–H and O–H groups in total. The molecule has 0 atom stereocenters. The molecule has 1 amide bonds. The monoisotopic (exact) mass is 420 g/mol. The molecule has 0 heterocycles. The van der Waals surface area contributed by atoms with E-state index in [1.165, 1.54) is 23.9 Å². The van der Waals surface area contributed by atoms with Gasteiger partial charge in [-0.05, 0) is 42.0 Å². The highest BCUT2D eigenvalue weighted by molar-refractivity contribution is 7.99. The summed E-state index contributed by atoms with van der Waals surface area (Å²) in [6.45, 7) is -0.234. The van der Waals surface area contributed by atoms with Crippen molar-refractivity contribution in [2.45, 2.75) is 16.3 Å². The molecule has 3 aromatic rings. The summed E-state index contributed by atoms with van der Waals surface area (Å²) in [5, 5.41) is 11.9. The van der Waals surface area contributed by atoms with Gasteiger partial charge >= 0.3 is 5.97 Å². The molecule has 0 fully saturated rings. The van der Waals surface area contributed by atoms with Gasteiger partial charge in [0.15, 0.2) is 6.61 Å². The van der Waals surface area contributed by atoms with E-state index >= 15 is 0 Å². The maximum absolute atomic E-state index is 12.9. The average molecular weight is 420 g/mol. The van der Waals surface area contributed by atoms with E-state index < -0.39 is 18.5 Å². The standard InChI is InChI=1S/C23H17FN2O3S/c24-18-11-9-16(10-12-18)14-26-22(27)15-29-23(28)19-6-2-4-8-21(19)30-20-7-3-1-5-17(20)13-25/h1-12H,14-15H2,(H,26,27). The van der Waals surface area contributed by atoms with E-state index in [4.69, 9.17) is 4.74 Å². The van der Waals surface area contributed by atoms with E-state index in [2.05, 4.69) is 11.4 Å². The summed E-state index contributed by atoms with van der Waals surface area (Å²) in [6, 6.07) is 21.8. The Morgan fingerprint density at radius 3 is 2.37 bits per heavy atom. The molecular formula is C23H17FN2O3S. The number of ether oxygens (including phenoxy) is 1. The Bertz CT molecular complexity index is 1090. The van der Waals surface area contributed by atoms with Crippen LogP contribution in [-0.2, 0) is 16.1 Å². The van der Waals surface area contributed by atoms with Crippen molar-refractivity contribution >= 4 is 23.6 Å². The van der Waals surface area contributed by atoms with E-state index in [0.717, 1.165) is 10.5 Å². The maximum atomic E-state index is 12.9. The van der Waals surface area contributed by atoms with Gasteiger partial charge in [-0.2, -0.15) is 5.26 Å². The summed E-state index contributed by atoms with van der Waals surface area (Å²) in [6.07, 6.45) is 0. The Hall–Kier alpha value is -3.63. The molecule has 0 unspecified atom stereocenters. The van der Waals surface area contributed by atoms with Crippen molar-refractivity contribution in [1.29, 1.82) is 5.26 Å². The Kier molecular flexibility index (Phi) is 7.19. The Morgan fingerprint density at radius 1 is 0.967 bits per heavy atom. The molecule has 0 spiro atoms. The van der Waals surface area contributed by atoms with Crippen LogP contribution in [0.15, 0.2) is 82.6 Å². The molecule has 0 bridgehead atoms. The first-order valence-electron chi connectivity index (χ1n) is 9.01. The fraction of sp³-hybridized carbons (Fsp3) is 0.0870. The lowest BCUT2D eigenvalue weighted by molar-refractivity contribution is -0.124. The predicted molar refractivity (Wildman–Crippen MR) is 110 cm³/mol. The molecule has 3 rings (SSSR count). The van der Waals surface area contributed by atoms with E-state index in [1.54, 1.807) is 54.6 Å². The summed E-state index contributed by atoms with van der Waals surface area (Å²) in [7, 11) is 0. The second kappa shape index (κ2) is 10.2. The lowest BCUT2D eigenvalue weighted by Crippen LogP contribution is -2.28. The van der Waals surface area contributed by atoms with E-state index in [1.807, 2.05) is 6.07 Å². The Labute approximate surface area is 177 Å². The number of carbonyl (C=O) groups excluding carboxylic acids is 2. The molecule has 0 saturated carbocycles. The van der Waals surface area contributed by atoms with Crippen molar-refractivity contribution in [2.75, 3.05) is 6.61 Å². The number of amides is 1. The number of rotatable bonds is 7. The molecule has 150 valence electrons. The molecule has 0 saturated heterocycles. The first kappa shape index (κ1) is 21.1. The van der Waals surface area contributed by atoms with Crippen LogP contribution in [-0.4, -0.2) is 18.5 Å². The highest BCUT2D eigenvalue weighted by Gasteiger charge is 2.16. The lowest BCUT2D eigenvalue weighted by Gasteiger charge is -2.10. The highest BCUT2D eigenvalue weighted by atomic mass is 32.2. The molecule has 5 nitrogen and oxygen atoms in total. The SMILES string of the molecule is N#Cc1ccccc1Sc1ccccc1C(=O)OCC(=O)NCc1ccc(F)cc1. The largest absolute Gasteiger partial charge is 0.452 e. The van der Waals surface area contributed by atoms with Crippen LogP contribution in [0.1, 0.15) is 21.5 Å². The minimum atomic E-state index is -0.635. The molecular weight excluding hydrogens is 403 g/mol. The first-order chi connectivity index (χ1) is 14.6. The number of nitrogens with zero attached hydrogens (tertiary/aromatic N) is 1. The van der Waals surface area contributed by atoms with Gasteiger partial charge in [0.25, 0.3) is 5.91 Å². The number of hydrogen-bond donors (Lipinski definition) is 1. The van der Waals surface area contributed by atoms with Gasteiger partial charge in [-0.25, -0.2) is 9.18 Å². The first-order valence-corrected chi connectivity index (χ1v) is 9.83. The minimum absolute atomic E-state index is 0.202. The van der Waals surface area contributed by atoms with Crippen LogP contribution in [0.4, 0.5) is 4.39 Å². The van der Waals surface area contributed by atoms with E-state index in [0.29, 0.717) is 16.0 Å². The van der Waals surface area contributed by atoms with Crippen LogP contribution in [0.5, 0.6) is 0 Å². The van der Waals surface area contributed by atoms with Gasteiger partial charge in [0.05, 0.1) is 11.1 Å². The normalized spacial score (nSPS) is 10.1. The molecule has 7 heteroatoms. The van der Waals surface area contributed by atoms with E-state index in [9.17, 15) is 19.2 Å². The average Bonchev–Trinajstić information content (AvgIpc) is 2.78. The Morgan fingerprint density at radius 2 is 1.63 bits per heavy atom. The summed E-state index contributed by atoms with van der Waals surface area (Å²) in [5.41, 5.74) is 1.54. The minimum Gasteiger partial charge on any atom is -0.452 e. The van der Waals surface area contributed by atoms with Gasteiger partial charge in [0, 0.05) is 16.3 Å². The maximum Gasteiger partial charge on any atom is 0.339 e. The van der Waals surface area contributed by atoms with E-state index in [-0.39, 0.29) is 12.4 Å². The van der Waals surface area contributed by atoms with Crippen LogP contribution >= 0.6 is 11.8 Å². The number of hydrogen-bond acceptors (Lipinski definition) is 5. The zero-order valence-corrected chi connectivity index (χ0v) is 16.6. The van der Waals surface area contributed by atoms with Crippen molar-refractivity contribution < 1.29 is 18.7 Å². The van der Waals surface area contributed by atoms with Crippen molar-refractivity contribution in [3.8, 4) is 6.07 Å². The van der Waals surface area contributed by atoms with Gasteiger partial charge in [-0.3, -0.25) is 4.79 Å². The smallest absolute Gasteiger partial charge is 0.339 e. The van der Waals surface area contributed by atoms with Crippen molar-refractivity contribution in [3.05, 3.63) is 95.3 Å². The van der Waals surface area contributed by atoms with Gasteiger partial charge in [-0.1, -0.05) is 48.2 Å². The highest BCUT2D eigenvalue weighted by Crippen LogP contribution is 2.32.